The summed E-state index contributed by atoms with van der Waals surface area (Å²) in [4.78, 5) is 11.6. The van der Waals surface area contributed by atoms with Crippen LogP contribution in [0.1, 0.15) is 51.9 Å². The third-order valence-corrected chi connectivity index (χ3v) is 4.36. The molecule has 4 heteroatoms. The van der Waals surface area contributed by atoms with Gasteiger partial charge in [-0.1, -0.05) is 19.8 Å². The van der Waals surface area contributed by atoms with Gasteiger partial charge in [-0.25, -0.2) is 0 Å². The van der Waals surface area contributed by atoms with Crippen LogP contribution in [0.15, 0.2) is 0 Å². The molecule has 2 aliphatic rings. The van der Waals surface area contributed by atoms with Crippen LogP contribution >= 0.6 is 0 Å². The van der Waals surface area contributed by atoms with E-state index in [0.717, 1.165) is 25.7 Å². The predicted octanol–water partition coefficient (Wildman–Crippen LogP) is 1.61. The molecule has 4 nitrogen and oxygen atoms in total. The molecule has 1 amide bonds. The molecule has 0 bridgehead atoms. The Labute approximate surface area is 109 Å². The Balaban J connectivity index is 1.62. The summed E-state index contributed by atoms with van der Waals surface area (Å²) >= 11 is 0. The first kappa shape index (κ1) is 13.8. The molecule has 2 atom stereocenters. The zero-order valence-corrected chi connectivity index (χ0v) is 11.3. The number of aliphatic hydroxyl groups is 1. The first-order valence-electron chi connectivity index (χ1n) is 7.20. The van der Waals surface area contributed by atoms with Crippen molar-refractivity contribution in [3.8, 4) is 0 Å². The van der Waals surface area contributed by atoms with Crippen molar-refractivity contribution in [1.29, 1.82) is 0 Å². The van der Waals surface area contributed by atoms with Gasteiger partial charge in [0, 0.05) is 6.54 Å². The van der Waals surface area contributed by atoms with Crippen molar-refractivity contribution >= 4 is 5.91 Å². The molecule has 2 unspecified atom stereocenters. The van der Waals surface area contributed by atoms with E-state index in [0.29, 0.717) is 12.5 Å². The Morgan fingerprint density at radius 3 is 2.67 bits per heavy atom. The zero-order chi connectivity index (χ0) is 13.0. The highest BCUT2D eigenvalue weighted by atomic mass is 16.5. The molecule has 0 aromatic rings. The maximum absolute atomic E-state index is 11.6. The Kier molecular flexibility index (Phi) is 4.62. The Bertz CT molecular complexity index is 289. The predicted molar refractivity (Wildman–Crippen MR) is 69.2 cm³/mol. The fourth-order valence-electron chi connectivity index (χ4n) is 2.79. The number of nitrogens with one attached hydrogen (secondary N) is 1. The molecule has 2 N–H and O–H groups in total. The molecular formula is C14H25NO3. The fraction of sp³-hybridized carbons (Fsp3) is 0.929. The maximum Gasteiger partial charge on any atom is 0.246 e. The quantitative estimate of drug-likeness (QED) is 0.784. The lowest BCUT2D eigenvalue weighted by Gasteiger charge is -2.36. The van der Waals surface area contributed by atoms with E-state index >= 15 is 0 Å². The summed E-state index contributed by atoms with van der Waals surface area (Å²) in [6, 6.07) is 0. The number of carbonyl (C=O) groups excluding carboxylic acids is 1. The molecule has 104 valence electrons. The van der Waals surface area contributed by atoms with Crippen molar-refractivity contribution in [2.24, 2.45) is 5.92 Å². The van der Waals surface area contributed by atoms with Crippen molar-refractivity contribution in [2.75, 3.05) is 13.2 Å². The number of carbonyl (C=O) groups is 1. The highest BCUT2D eigenvalue weighted by Crippen LogP contribution is 2.30. The summed E-state index contributed by atoms with van der Waals surface area (Å²) < 4.78 is 5.68. The van der Waals surface area contributed by atoms with Crippen LogP contribution in [-0.2, 0) is 9.53 Å². The van der Waals surface area contributed by atoms with E-state index in [9.17, 15) is 9.90 Å². The van der Waals surface area contributed by atoms with E-state index in [1.807, 2.05) is 0 Å². The molecule has 2 aliphatic carbocycles. The van der Waals surface area contributed by atoms with Crippen LogP contribution in [0.2, 0.25) is 0 Å². The van der Waals surface area contributed by atoms with Crippen LogP contribution in [0.25, 0.3) is 0 Å². The number of ether oxygens (including phenoxy) is 1. The maximum atomic E-state index is 11.6. The SMILES string of the molecule is CC1CCCCC1OCC(=O)NCC1(O)CCC1. The number of rotatable bonds is 5. The molecule has 0 radical (unpaired) electrons. The lowest BCUT2D eigenvalue weighted by Crippen LogP contribution is -2.48. The largest absolute Gasteiger partial charge is 0.388 e. The van der Waals surface area contributed by atoms with Crippen molar-refractivity contribution in [1.82, 2.24) is 5.32 Å². The topological polar surface area (TPSA) is 58.6 Å². The van der Waals surface area contributed by atoms with Crippen LogP contribution < -0.4 is 5.32 Å². The van der Waals surface area contributed by atoms with Crippen LogP contribution in [0.4, 0.5) is 0 Å². The molecule has 2 rings (SSSR count). The number of hydrogen-bond donors (Lipinski definition) is 2. The Morgan fingerprint density at radius 2 is 2.06 bits per heavy atom. The van der Waals surface area contributed by atoms with Crippen LogP contribution in [0, 0.1) is 5.92 Å². The van der Waals surface area contributed by atoms with Gasteiger partial charge < -0.3 is 15.2 Å². The molecule has 0 saturated heterocycles. The minimum absolute atomic E-state index is 0.104. The molecular weight excluding hydrogens is 230 g/mol. The minimum Gasteiger partial charge on any atom is -0.388 e. The molecule has 0 aromatic heterocycles. The van der Waals surface area contributed by atoms with E-state index in [-0.39, 0.29) is 18.6 Å². The summed E-state index contributed by atoms with van der Waals surface area (Å²) in [5.41, 5.74) is -0.645. The van der Waals surface area contributed by atoms with Gasteiger partial charge in [-0.05, 0) is 38.0 Å². The summed E-state index contributed by atoms with van der Waals surface area (Å²) in [6.45, 7) is 2.69. The second kappa shape index (κ2) is 6.02. The number of hydrogen-bond acceptors (Lipinski definition) is 3. The van der Waals surface area contributed by atoms with Gasteiger partial charge in [0.1, 0.15) is 6.61 Å². The third-order valence-electron chi connectivity index (χ3n) is 4.36. The van der Waals surface area contributed by atoms with Crippen LogP contribution in [-0.4, -0.2) is 35.9 Å². The second-order valence-corrected chi connectivity index (χ2v) is 5.97. The molecule has 0 aromatic carbocycles. The Morgan fingerprint density at radius 1 is 1.33 bits per heavy atom. The van der Waals surface area contributed by atoms with E-state index in [4.69, 9.17) is 4.74 Å². The Hall–Kier alpha value is -0.610. The van der Waals surface area contributed by atoms with E-state index < -0.39 is 5.60 Å². The lowest BCUT2D eigenvalue weighted by molar-refractivity contribution is -0.131. The standard InChI is InChI=1S/C14H25NO3/c1-11-5-2-3-6-12(11)18-9-13(16)15-10-14(17)7-4-8-14/h11-12,17H,2-10H2,1H3,(H,15,16). The van der Waals surface area contributed by atoms with Crippen molar-refractivity contribution in [2.45, 2.75) is 63.6 Å². The molecule has 0 aliphatic heterocycles. The number of amides is 1. The molecule has 2 saturated carbocycles. The first-order chi connectivity index (χ1) is 8.59. The van der Waals surface area contributed by atoms with Gasteiger partial charge in [0.2, 0.25) is 5.91 Å². The third kappa shape index (κ3) is 3.69. The average molecular weight is 255 g/mol. The van der Waals surface area contributed by atoms with Gasteiger partial charge in [-0.2, -0.15) is 0 Å². The summed E-state index contributed by atoms with van der Waals surface area (Å²) in [5.74, 6) is 0.454. The van der Waals surface area contributed by atoms with Crippen LogP contribution in [0.3, 0.4) is 0 Å². The highest BCUT2D eigenvalue weighted by molar-refractivity contribution is 5.77. The first-order valence-corrected chi connectivity index (χ1v) is 7.20. The van der Waals surface area contributed by atoms with Crippen molar-refractivity contribution in [3.05, 3.63) is 0 Å². The van der Waals surface area contributed by atoms with Crippen LogP contribution in [0.5, 0.6) is 0 Å². The summed E-state index contributed by atoms with van der Waals surface area (Å²) in [7, 11) is 0. The molecule has 0 spiro atoms. The second-order valence-electron chi connectivity index (χ2n) is 5.97. The van der Waals surface area contributed by atoms with Gasteiger partial charge in [0.05, 0.1) is 11.7 Å². The molecule has 2 fully saturated rings. The monoisotopic (exact) mass is 255 g/mol. The van der Waals surface area contributed by atoms with Gasteiger partial charge >= 0.3 is 0 Å². The van der Waals surface area contributed by atoms with Gasteiger partial charge in [0.15, 0.2) is 0 Å². The van der Waals surface area contributed by atoms with Gasteiger partial charge in [0.25, 0.3) is 0 Å². The van der Waals surface area contributed by atoms with Gasteiger partial charge in [-0.3, -0.25) is 4.79 Å². The lowest BCUT2D eigenvalue weighted by atomic mass is 9.80. The average Bonchev–Trinajstić information content (AvgIpc) is 2.33. The van der Waals surface area contributed by atoms with E-state index in [2.05, 4.69) is 12.2 Å². The summed E-state index contributed by atoms with van der Waals surface area (Å²) in [5, 5.41) is 12.6. The molecule has 18 heavy (non-hydrogen) atoms. The fourth-order valence-corrected chi connectivity index (χ4v) is 2.79. The summed E-state index contributed by atoms with van der Waals surface area (Å²) in [6.07, 6.45) is 7.64. The molecule has 0 heterocycles. The smallest absolute Gasteiger partial charge is 0.246 e. The van der Waals surface area contributed by atoms with Crippen molar-refractivity contribution in [3.63, 3.8) is 0 Å². The van der Waals surface area contributed by atoms with Crippen molar-refractivity contribution < 1.29 is 14.6 Å². The highest BCUT2D eigenvalue weighted by Gasteiger charge is 2.34. The van der Waals surface area contributed by atoms with E-state index in [1.54, 1.807) is 0 Å². The minimum atomic E-state index is -0.645. The zero-order valence-electron chi connectivity index (χ0n) is 11.3. The normalized spacial score (nSPS) is 30.6. The van der Waals surface area contributed by atoms with Gasteiger partial charge in [-0.15, -0.1) is 0 Å². The van der Waals surface area contributed by atoms with E-state index in [1.165, 1.54) is 19.3 Å².